The molecule has 0 spiro atoms. The molecule has 0 fully saturated rings. The SMILES string of the molecule is NS(=O)(=O)c1cc(NC(=O)Cc2ccc(F)c(F)c2)ccc1-c1ccc(Cl)nc1. The first-order valence-corrected chi connectivity index (χ1v) is 10.1. The van der Waals surface area contributed by atoms with Gasteiger partial charge in [-0.1, -0.05) is 23.7 Å². The normalized spacial score (nSPS) is 11.3. The number of hydrogen-bond donors (Lipinski definition) is 2. The van der Waals surface area contributed by atoms with E-state index in [4.69, 9.17) is 16.7 Å². The summed E-state index contributed by atoms with van der Waals surface area (Å²) in [6.45, 7) is 0. The van der Waals surface area contributed by atoms with Crippen molar-refractivity contribution in [2.24, 2.45) is 5.14 Å². The summed E-state index contributed by atoms with van der Waals surface area (Å²) in [7, 11) is -4.12. The van der Waals surface area contributed by atoms with Crippen LogP contribution in [-0.4, -0.2) is 19.3 Å². The van der Waals surface area contributed by atoms with Crippen molar-refractivity contribution < 1.29 is 22.0 Å². The minimum atomic E-state index is -4.12. The van der Waals surface area contributed by atoms with E-state index in [1.165, 1.54) is 36.5 Å². The molecule has 1 amide bonds. The molecule has 0 radical (unpaired) electrons. The van der Waals surface area contributed by atoms with Crippen molar-refractivity contribution in [2.45, 2.75) is 11.3 Å². The number of nitrogens with one attached hydrogen (secondary N) is 1. The second kappa shape index (κ2) is 8.24. The molecule has 6 nitrogen and oxygen atoms in total. The Bertz CT molecular complexity index is 1190. The van der Waals surface area contributed by atoms with E-state index in [0.29, 0.717) is 5.56 Å². The Labute approximate surface area is 170 Å². The van der Waals surface area contributed by atoms with Crippen molar-refractivity contribution in [2.75, 3.05) is 5.32 Å². The highest BCUT2D eigenvalue weighted by atomic mass is 35.5. The van der Waals surface area contributed by atoms with Crippen LogP contribution in [0.2, 0.25) is 5.15 Å². The molecule has 1 heterocycles. The largest absolute Gasteiger partial charge is 0.326 e. The molecular formula is C19H14ClF2N3O3S. The fraction of sp³-hybridized carbons (Fsp3) is 0.0526. The lowest BCUT2D eigenvalue weighted by atomic mass is 10.1. The number of nitrogens with zero attached hydrogens (tertiary/aromatic N) is 1. The van der Waals surface area contributed by atoms with Crippen LogP contribution in [0.4, 0.5) is 14.5 Å². The third-order valence-corrected chi connectivity index (χ3v) is 5.13. The number of pyridine rings is 1. The van der Waals surface area contributed by atoms with Crippen molar-refractivity contribution in [1.82, 2.24) is 4.98 Å². The summed E-state index contributed by atoms with van der Waals surface area (Å²) >= 11 is 5.75. The molecule has 0 unspecified atom stereocenters. The minimum absolute atomic E-state index is 0.173. The summed E-state index contributed by atoms with van der Waals surface area (Å²) in [4.78, 5) is 15.9. The number of carbonyl (C=O) groups excluding carboxylic acids is 1. The second-order valence-electron chi connectivity index (χ2n) is 6.10. The van der Waals surface area contributed by atoms with Crippen molar-refractivity contribution in [3.05, 3.63) is 77.1 Å². The molecule has 10 heteroatoms. The summed E-state index contributed by atoms with van der Waals surface area (Å²) in [6.07, 6.45) is 1.17. The van der Waals surface area contributed by atoms with Gasteiger partial charge in [-0.3, -0.25) is 4.79 Å². The predicted octanol–water partition coefficient (Wildman–Crippen LogP) is 3.51. The molecule has 0 aliphatic rings. The highest BCUT2D eigenvalue weighted by Crippen LogP contribution is 2.29. The van der Waals surface area contributed by atoms with Crippen LogP contribution in [0.5, 0.6) is 0 Å². The van der Waals surface area contributed by atoms with E-state index in [0.717, 1.165) is 12.1 Å². The van der Waals surface area contributed by atoms with Crippen LogP contribution in [0.3, 0.4) is 0 Å². The number of amides is 1. The lowest BCUT2D eigenvalue weighted by Crippen LogP contribution is -2.17. The Morgan fingerprint density at radius 3 is 2.45 bits per heavy atom. The molecule has 1 aromatic heterocycles. The monoisotopic (exact) mass is 437 g/mol. The fourth-order valence-corrected chi connectivity index (χ4v) is 3.54. The lowest BCUT2D eigenvalue weighted by Gasteiger charge is -2.12. The Morgan fingerprint density at radius 2 is 1.83 bits per heavy atom. The molecule has 3 rings (SSSR count). The van der Waals surface area contributed by atoms with E-state index in [-0.39, 0.29) is 33.3 Å². The first kappa shape index (κ1) is 20.8. The Kier molecular flexibility index (Phi) is 5.92. The molecule has 0 atom stereocenters. The van der Waals surface area contributed by atoms with Gasteiger partial charge in [-0.2, -0.15) is 0 Å². The average molecular weight is 438 g/mol. The predicted molar refractivity (Wildman–Crippen MR) is 105 cm³/mol. The zero-order chi connectivity index (χ0) is 21.2. The summed E-state index contributed by atoms with van der Waals surface area (Å²) < 4.78 is 50.3. The molecular weight excluding hydrogens is 424 g/mol. The van der Waals surface area contributed by atoms with Gasteiger partial charge in [0, 0.05) is 23.0 Å². The number of halogens is 3. The van der Waals surface area contributed by atoms with Crippen molar-refractivity contribution in [3.63, 3.8) is 0 Å². The van der Waals surface area contributed by atoms with E-state index in [2.05, 4.69) is 10.3 Å². The van der Waals surface area contributed by atoms with Crippen LogP contribution in [0.1, 0.15) is 5.56 Å². The summed E-state index contributed by atoms with van der Waals surface area (Å²) in [5.74, 6) is -2.62. The van der Waals surface area contributed by atoms with Crippen molar-refractivity contribution in [3.8, 4) is 11.1 Å². The van der Waals surface area contributed by atoms with Gasteiger partial charge in [0.05, 0.1) is 11.3 Å². The number of aromatic nitrogens is 1. The molecule has 0 aliphatic carbocycles. The number of sulfonamides is 1. The van der Waals surface area contributed by atoms with E-state index in [9.17, 15) is 22.0 Å². The minimum Gasteiger partial charge on any atom is -0.326 e. The summed E-state index contributed by atoms with van der Waals surface area (Å²) in [5, 5.41) is 8.07. The maximum atomic E-state index is 13.3. The Balaban J connectivity index is 1.87. The number of nitrogens with two attached hydrogens (primary N) is 1. The number of rotatable bonds is 5. The van der Waals surface area contributed by atoms with Crippen LogP contribution >= 0.6 is 11.6 Å². The number of anilines is 1. The number of carbonyl (C=O) groups is 1. The van der Waals surface area contributed by atoms with Gasteiger partial charge in [0.1, 0.15) is 5.15 Å². The van der Waals surface area contributed by atoms with Crippen LogP contribution in [-0.2, 0) is 21.2 Å². The van der Waals surface area contributed by atoms with Crippen LogP contribution in [0.15, 0.2) is 59.6 Å². The second-order valence-corrected chi connectivity index (χ2v) is 8.02. The van der Waals surface area contributed by atoms with Crippen molar-refractivity contribution >= 4 is 33.2 Å². The van der Waals surface area contributed by atoms with Gasteiger partial charge < -0.3 is 5.32 Å². The molecule has 0 bridgehead atoms. The molecule has 2 aromatic carbocycles. The van der Waals surface area contributed by atoms with Gasteiger partial charge in [0.25, 0.3) is 0 Å². The van der Waals surface area contributed by atoms with Gasteiger partial charge >= 0.3 is 0 Å². The highest BCUT2D eigenvalue weighted by molar-refractivity contribution is 7.89. The number of benzene rings is 2. The van der Waals surface area contributed by atoms with E-state index >= 15 is 0 Å². The van der Waals surface area contributed by atoms with Crippen LogP contribution < -0.4 is 10.5 Å². The van der Waals surface area contributed by atoms with E-state index < -0.39 is 27.6 Å². The lowest BCUT2D eigenvalue weighted by molar-refractivity contribution is -0.115. The molecule has 3 N–H and O–H groups in total. The number of primary sulfonamides is 1. The van der Waals surface area contributed by atoms with Gasteiger partial charge in [-0.15, -0.1) is 0 Å². The van der Waals surface area contributed by atoms with E-state index in [1.54, 1.807) is 6.07 Å². The van der Waals surface area contributed by atoms with Crippen molar-refractivity contribution in [1.29, 1.82) is 0 Å². The van der Waals surface area contributed by atoms with E-state index in [1.807, 2.05) is 0 Å². The van der Waals surface area contributed by atoms with Gasteiger partial charge in [-0.05, 0) is 42.0 Å². The molecule has 0 saturated carbocycles. The molecule has 150 valence electrons. The highest BCUT2D eigenvalue weighted by Gasteiger charge is 2.17. The molecule has 0 aliphatic heterocycles. The first-order chi connectivity index (χ1) is 13.6. The third kappa shape index (κ3) is 5.14. The Morgan fingerprint density at radius 1 is 1.07 bits per heavy atom. The fourth-order valence-electron chi connectivity index (χ4n) is 2.65. The van der Waals surface area contributed by atoms with Gasteiger partial charge in [-0.25, -0.2) is 27.3 Å². The zero-order valence-electron chi connectivity index (χ0n) is 14.7. The molecule has 3 aromatic rings. The summed E-state index contributed by atoms with van der Waals surface area (Å²) in [6, 6.07) is 10.4. The average Bonchev–Trinajstić information content (AvgIpc) is 2.65. The van der Waals surface area contributed by atoms with Crippen LogP contribution in [0, 0.1) is 11.6 Å². The summed E-state index contributed by atoms with van der Waals surface area (Å²) in [5.41, 5.74) is 1.19. The maximum absolute atomic E-state index is 13.3. The molecule has 29 heavy (non-hydrogen) atoms. The van der Waals surface area contributed by atoms with Gasteiger partial charge in [0.2, 0.25) is 15.9 Å². The smallest absolute Gasteiger partial charge is 0.238 e. The number of hydrogen-bond acceptors (Lipinski definition) is 4. The Hall–Kier alpha value is -2.88. The van der Waals surface area contributed by atoms with Gasteiger partial charge in [0.15, 0.2) is 11.6 Å². The molecule has 0 saturated heterocycles. The topological polar surface area (TPSA) is 102 Å². The first-order valence-electron chi connectivity index (χ1n) is 8.16. The quantitative estimate of drug-likeness (QED) is 0.596. The third-order valence-electron chi connectivity index (χ3n) is 3.96. The van der Waals surface area contributed by atoms with Crippen LogP contribution in [0.25, 0.3) is 11.1 Å². The zero-order valence-corrected chi connectivity index (χ0v) is 16.3. The maximum Gasteiger partial charge on any atom is 0.238 e. The standard InChI is InChI=1S/C19H14ClF2N3O3S/c20-18-6-2-12(10-24-18)14-4-3-13(9-17(14)29(23,27)28)25-19(26)8-11-1-5-15(21)16(22)7-11/h1-7,9-10H,8H2,(H,25,26)(H2,23,27,28).